The molecule has 0 bridgehead atoms. The van der Waals surface area contributed by atoms with Crippen LogP contribution in [0.5, 0.6) is 5.75 Å². The van der Waals surface area contributed by atoms with Gasteiger partial charge in [0, 0.05) is 23.9 Å². The minimum atomic E-state index is -0.452. The quantitative estimate of drug-likeness (QED) is 0.452. The van der Waals surface area contributed by atoms with Gasteiger partial charge in [-0.1, -0.05) is 19.3 Å². The lowest BCUT2D eigenvalue weighted by molar-refractivity contribution is -0.140. The number of carbonyl (C=O) groups excluding carboxylic acids is 2. The molecule has 0 saturated heterocycles. The van der Waals surface area contributed by atoms with Crippen LogP contribution in [0.25, 0.3) is 11.0 Å². The molecule has 144 valence electrons. The third kappa shape index (κ3) is 4.56. The van der Waals surface area contributed by atoms with Gasteiger partial charge in [0.1, 0.15) is 11.3 Å². The van der Waals surface area contributed by atoms with Crippen LogP contribution in [0.15, 0.2) is 27.4 Å². The number of carbonyl (C=O) groups is 2. The van der Waals surface area contributed by atoms with Crippen molar-refractivity contribution in [1.29, 1.82) is 0 Å². The Morgan fingerprint density at radius 1 is 1.15 bits per heavy atom. The monoisotopic (exact) mass is 372 g/mol. The summed E-state index contributed by atoms with van der Waals surface area (Å²) in [4.78, 5) is 35.8. The second-order valence-electron chi connectivity index (χ2n) is 7.04. The van der Waals surface area contributed by atoms with Gasteiger partial charge in [0.25, 0.3) is 0 Å². The van der Waals surface area contributed by atoms with Crippen LogP contribution in [-0.2, 0) is 20.7 Å². The molecule has 0 N–H and O–H groups in total. The zero-order valence-corrected chi connectivity index (χ0v) is 15.7. The SMILES string of the molecule is COC(=O)CCc1cc2c(C)cc(=O)oc2cc1OC(=O)C1CCCCC1. The second-order valence-corrected chi connectivity index (χ2v) is 7.04. The summed E-state index contributed by atoms with van der Waals surface area (Å²) in [6.45, 7) is 1.82. The fraction of sp³-hybridized carbons (Fsp3) is 0.476. The first-order valence-corrected chi connectivity index (χ1v) is 9.34. The number of benzene rings is 1. The van der Waals surface area contributed by atoms with Gasteiger partial charge < -0.3 is 13.9 Å². The lowest BCUT2D eigenvalue weighted by Crippen LogP contribution is -2.23. The van der Waals surface area contributed by atoms with Crippen LogP contribution in [0.2, 0.25) is 0 Å². The maximum absolute atomic E-state index is 12.6. The number of methoxy groups -OCH3 is 1. The summed E-state index contributed by atoms with van der Waals surface area (Å²) in [6.07, 6.45) is 5.41. The van der Waals surface area contributed by atoms with Gasteiger partial charge in [-0.25, -0.2) is 4.79 Å². The number of esters is 2. The van der Waals surface area contributed by atoms with Gasteiger partial charge in [-0.2, -0.15) is 0 Å². The van der Waals surface area contributed by atoms with Crippen molar-refractivity contribution < 1.29 is 23.5 Å². The average Bonchev–Trinajstić information content (AvgIpc) is 2.66. The normalized spacial score (nSPS) is 14.9. The van der Waals surface area contributed by atoms with E-state index in [9.17, 15) is 14.4 Å². The van der Waals surface area contributed by atoms with Gasteiger partial charge in [-0.3, -0.25) is 9.59 Å². The first kappa shape index (κ1) is 19.1. The predicted octanol–water partition coefficient (Wildman–Crippen LogP) is 3.69. The summed E-state index contributed by atoms with van der Waals surface area (Å²) in [7, 11) is 1.34. The molecule has 0 aliphatic heterocycles. The van der Waals surface area contributed by atoms with Crippen molar-refractivity contribution in [2.75, 3.05) is 7.11 Å². The van der Waals surface area contributed by atoms with Crippen molar-refractivity contribution in [3.05, 3.63) is 39.7 Å². The van der Waals surface area contributed by atoms with Gasteiger partial charge in [-0.05, 0) is 43.4 Å². The van der Waals surface area contributed by atoms with Gasteiger partial charge in [-0.15, -0.1) is 0 Å². The number of hydrogen-bond acceptors (Lipinski definition) is 6. The Balaban J connectivity index is 1.95. The molecular formula is C21H24O6. The summed E-state index contributed by atoms with van der Waals surface area (Å²) < 4.78 is 15.7. The van der Waals surface area contributed by atoms with Gasteiger partial charge in [0.15, 0.2) is 0 Å². The lowest BCUT2D eigenvalue weighted by atomic mass is 9.89. The van der Waals surface area contributed by atoms with Gasteiger partial charge in [0.05, 0.1) is 13.0 Å². The standard InChI is InChI=1S/C21H24O6/c1-13-10-20(23)26-18-12-17(27-21(24)14-6-4-3-5-7-14)15(11-16(13)18)8-9-19(22)25-2/h10-12,14H,3-9H2,1-2H3. The van der Waals surface area contributed by atoms with Crippen molar-refractivity contribution in [2.24, 2.45) is 5.92 Å². The first-order valence-electron chi connectivity index (χ1n) is 9.34. The predicted molar refractivity (Wildman–Crippen MR) is 99.8 cm³/mol. The number of ether oxygens (including phenoxy) is 2. The average molecular weight is 372 g/mol. The molecule has 0 atom stereocenters. The van der Waals surface area contributed by atoms with E-state index in [1.165, 1.54) is 13.2 Å². The van der Waals surface area contributed by atoms with Crippen LogP contribution in [0.1, 0.15) is 49.7 Å². The third-order valence-corrected chi connectivity index (χ3v) is 5.11. The highest BCUT2D eigenvalue weighted by molar-refractivity contribution is 5.84. The summed E-state index contributed by atoms with van der Waals surface area (Å²) in [6, 6.07) is 4.82. The van der Waals surface area contributed by atoms with E-state index in [-0.39, 0.29) is 24.3 Å². The summed E-state index contributed by atoms with van der Waals surface area (Å²) in [5.41, 5.74) is 1.40. The van der Waals surface area contributed by atoms with Crippen molar-refractivity contribution in [3.8, 4) is 5.75 Å². The summed E-state index contributed by atoms with van der Waals surface area (Å²) >= 11 is 0. The highest BCUT2D eigenvalue weighted by atomic mass is 16.5. The molecule has 1 aliphatic carbocycles. The van der Waals surface area contributed by atoms with Crippen LogP contribution in [0.4, 0.5) is 0 Å². The Bertz CT molecular complexity index is 905. The highest BCUT2D eigenvalue weighted by Crippen LogP contribution is 2.31. The highest BCUT2D eigenvalue weighted by Gasteiger charge is 2.24. The molecule has 0 radical (unpaired) electrons. The molecule has 1 aromatic heterocycles. The molecule has 3 rings (SSSR count). The Morgan fingerprint density at radius 3 is 2.59 bits per heavy atom. The lowest BCUT2D eigenvalue weighted by Gasteiger charge is -2.20. The number of aryl methyl sites for hydroxylation is 2. The molecule has 1 aliphatic rings. The van der Waals surface area contributed by atoms with Crippen molar-refractivity contribution in [1.82, 2.24) is 0 Å². The number of fused-ring (bicyclic) bond motifs is 1. The third-order valence-electron chi connectivity index (χ3n) is 5.11. The van der Waals surface area contributed by atoms with Crippen LogP contribution in [0, 0.1) is 12.8 Å². The summed E-state index contributed by atoms with van der Waals surface area (Å²) in [5, 5.41) is 0.756. The molecule has 1 aromatic carbocycles. The van der Waals surface area contributed by atoms with Crippen molar-refractivity contribution >= 4 is 22.9 Å². The minimum Gasteiger partial charge on any atom is -0.469 e. The molecule has 27 heavy (non-hydrogen) atoms. The Morgan fingerprint density at radius 2 is 1.89 bits per heavy atom. The molecule has 1 heterocycles. The number of hydrogen-bond donors (Lipinski definition) is 0. The smallest absolute Gasteiger partial charge is 0.336 e. The van der Waals surface area contributed by atoms with E-state index in [4.69, 9.17) is 13.9 Å². The van der Waals surface area contributed by atoms with Crippen LogP contribution < -0.4 is 10.4 Å². The molecule has 0 amide bonds. The van der Waals surface area contributed by atoms with Crippen molar-refractivity contribution in [3.63, 3.8) is 0 Å². The van der Waals surface area contributed by atoms with Crippen LogP contribution in [-0.4, -0.2) is 19.0 Å². The topological polar surface area (TPSA) is 82.8 Å². The van der Waals surface area contributed by atoms with Crippen LogP contribution in [0.3, 0.4) is 0 Å². The van der Waals surface area contributed by atoms with E-state index in [0.717, 1.165) is 43.1 Å². The van der Waals surface area contributed by atoms with E-state index in [1.807, 2.05) is 13.0 Å². The Hall–Kier alpha value is -2.63. The molecule has 0 unspecified atom stereocenters. The Labute approximate surface area is 157 Å². The zero-order valence-electron chi connectivity index (χ0n) is 15.7. The van der Waals surface area contributed by atoms with Gasteiger partial charge in [0.2, 0.25) is 0 Å². The molecule has 2 aromatic rings. The molecule has 6 nitrogen and oxygen atoms in total. The fourth-order valence-electron chi connectivity index (χ4n) is 3.55. The fourth-order valence-corrected chi connectivity index (χ4v) is 3.55. The van der Waals surface area contributed by atoms with Crippen molar-refractivity contribution in [2.45, 2.75) is 51.9 Å². The van der Waals surface area contributed by atoms with E-state index >= 15 is 0 Å². The first-order chi connectivity index (χ1) is 13.0. The Kier molecular flexibility index (Phi) is 5.94. The molecule has 1 saturated carbocycles. The molecule has 0 spiro atoms. The van der Waals surface area contributed by atoms with E-state index < -0.39 is 5.63 Å². The molecule has 6 heteroatoms. The minimum absolute atomic E-state index is 0.104. The second kappa shape index (κ2) is 8.37. The van der Waals surface area contributed by atoms with Crippen LogP contribution >= 0.6 is 0 Å². The zero-order chi connectivity index (χ0) is 19.4. The van der Waals surface area contributed by atoms with Gasteiger partial charge >= 0.3 is 17.6 Å². The summed E-state index contributed by atoms with van der Waals surface area (Å²) in [5.74, 6) is -0.359. The molecular weight excluding hydrogens is 348 g/mol. The van der Waals surface area contributed by atoms with E-state index in [2.05, 4.69) is 0 Å². The number of rotatable bonds is 5. The maximum atomic E-state index is 12.6. The van der Waals surface area contributed by atoms with E-state index in [1.54, 1.807) is 6.07 Å². The largest absolute Gasteiger partial charge is 0.469 e. The maximum Gasteiger partial charge on any atom is 0.336 e. The molecule has 1 fully saturated rings. The van der Waals surface area contributed by atoms with E-state index in [0.29, 0.717) is 23.3 Å².